The topological polar surface area (TPSA) is 81.9 Å². The van der Waals surface area contributed by atoms with E-state index in [1.165, 1.54) is 31.0 Å². The van der Waals surface area contributed by atoms with Crippen LogP contribution in [-0.4, -0.2) is 38.4 Å². The molecule has 2 aromatic heterocycles. The molecule has 0 radical (unpaired) electrons. The van der Waals surface area contributed by atoms with Crippen LogP contribution >= 0.6 is 0 Å². The van der Waals surface area contributed by atoms with Gasteiger partial charge in [0.25, 0.3) is 5.91 Å². The highest BCUT2D eigenvalue weighted by Crippen LogP contribution is 2.18. The Bertz CT molecular complexity index is 884. The third-order valence-corrected chi connectivity index (χ3v) is 3.73. The monoisotopic (exact) mass is 391 g/mol. The van der Waals surface area contributed by atoms with Crippen molar-refractivity contribution in [3.05, 3.63) is 72.4 Å². The number of carbonyl (C=O) groups excluding carboxylic acids is 1. The van der Waals surface area contributed by atoms with Gasteiger partial charge in [-0.05, 0) is 11.6 Å². The Labute approximate surface area is 158 Å². The highest BCUT2D eigenvalue weighted by molar-refractivity contribution is 5.94. The Hall–Kier alpha value is -3.43. The molecule has 1 amide bonds. The molecule has 7 nitrogen and oxygen atoms in total. The molecule has 0 bridgehead atoms. The van der Waals surface area contributed by atoms with Crippen molar-refractivity contribution < 1.29 is 22.7 Å². The van der Waals surface area contributed by atoms with Crippen molar-refractivity contribution in [1.82, 2.24) is 25.1 Å². The number of pyridine rings is 1. The largest absolute Gasteiger partial charge is 0.468 e. The maximum atomic E-state index is 12.6. The summed E-state index contributed by atoms with van der Waals surface area (Å²) in [7, 11) is 0. The first-order valence-electron chi connectivity index (χ1n) is 8.24. The Kier molecular flexibility index (Phi) is 5.87. The van der Waals surface area contributed by atoms with Crippen LogP contribution in [0.3, 0.4) is 0 Å². The van der Waals surface area contributed by atoms with Crippen LogP contribution in [0.2, 0.25) is 0 Å². The van der Waals surface area contributed by atoms with E-state index in [4.69, 9.17) is 0 Å². The van der Waals surface area contributed by atoms with Crippen LogP contribution in [0.1, 0.15) is 22.0 Å². The van der Waals surface area contributed by atoms with Crippen LogP contribution in [0.15, 0.2) is 61.3 Å². The zero-order chi connectivity index (χ0) is 20.0. The van der Waals surface area contributed by atoms with Gasteiger partial charge in [0.2, 0.25) is 5.88 Å². The molecule has 0 saturated heterocycles. The Morgan fingerprint density at radius 3 is 2.57 bits per heavy atom. The predicted molar refractivity (Wildman–Crippen MR) is 92.5 cm³/mol. The Balaban J connectivity index is 1.69. The summed E-state index contributed by atoms with van der Waals surface area (Å²) in [5.41, 5.74) is 1.06. The number of nitrogens with zero attached hydrogens (tertiary/aromatic N) is 4. The van der Waals surface area contributed by atoms with Gasteiger partial charge >= 0.3 is 6.18 Å². The van der Waals surface area contributed by atoms with E-state index >= 15 is 0 Å². The van der Waals surface area contributed by atoms with Gasteiger partial charge in [-0.2, -0.15) is 18.3 Å². The molecule has 0 saturated carbocycles. The van der Waals surface area contributed by atoms with Crippen LogP contribution < -0.4 is 10.1 Å². The summed E-state index contributed by atoms with van der Waals surface area (Å²) >= 11 is 0. The molecule has 1 atom stereocenters. The van der Waals surface area contributed by atoms with Crippen LogP contribution in [0.25, 0.3) is 0 Å². The maximum Gasteiger partial charge on any atom is 0.422 e. The lowest BCUT2D eigenvalue weighted by Crippen LogP contribution is -2.31. The van der Waals surface area contributed by atoms with Gasteiger partial charge in [-0.15, -0.1) is 0 Å². The second-order valence-corrected chi connectivity index (χ2v) is 5.84. The van der Waals surface area contributed by atoms with Gasteiger partial charge < -0.3 is 10.1 Å². The van der Waals surface area contributed by atoms with Crippen molar-refractivity contribution in [1.29, 1.82) is 0 Å². The summed E-state index contributed by atoms with van der Waals surface area (Å²) in [4.78, 5) is 20.2. The highest BCUT2D eigenvalue weighted by atomic mass is 19.4. The van der Waals surface area contributed by atoms with E-state index in [1.807, 2.05) is 30.3 Å². The highest BCUT2D eigenvalue weighted by Gasteiger charge is 2.28. The fourth-order valence-electron chi connectivity index (χ4n) is 2.43. The predicted octanol–water partition coefficient (Wildman–Crippen LogP) is 2.79. The summed E-state index contributed by atoms with van der Waals surface area (Å²) in [5.74, 6) is -0.639. The molecule has 3 rings (SSSR count). The van der Waals surface area contributed by atoms with Crippen molar-refractivity contribution in [2.24, 2.45) is 0 Å². The number of amides is 1. The average molecular weight is 391 g/mol. The van der Waals surface area contributed by atoms with E-state index in [2.05, 4.69) is 25.1 Å². The lowest BCUT2D eigenvalue weighted by molar-refractivity contribution is -0.154. The first kappa shape index (κ1) is 19.3. The van der Waals surface area contributed by atoms with E-state index in [0.29, 0.717) is 6.54 Å². The van der Waals surface area contributed by atoms with Gasteiger partial charge in [0, 0.05) is 12.3 Å². The molecule has 0 aliphatic rings. The molecular weight excluding hydrogens is 375 g/mol. The SMILES string of the molecule is O=C(NC(Cn1cncn1)c1ccccc1)c1ccc(OCC(F)(F)F)nc1. The number of hydrogen-bond donors (Lipinski definition) is 1. The lowest BCUT2D eigenvalue weighted by atomic mass is 10.1. The molecule has 0 aliphatic carbocycles. The number of hydrogen-bond acceptors (Lipinski definition) is 5. The minimum absolute atomic E-state index is 0.193. The second kappa shape index (κ2) is 8.51. The number of carbonyl (C=O) groups is 1. The molecule has 2 heterocycles. The van der Waals surface area contributed by atoms with Gasteiger partial charge in [0.1, 0.15) is 12.7 Å². The molecule has 146 valence electrons. The molecule has 28 heavy (non-hydrogen) atoms. The quantitative estimate of drug-likeness (QED) is 0.670. The number of alkyl halides is 3. The van der Waals surface area contributed by atoms with Crippen LogP contribution in [0, 0.1) is 0 Å². The summed E-state index contributed by atoms with van der Waals surface area (Å²) in [5, 5.41) is 6.92. The van der Waals surface area contributed by atoms with Crippen LogP contribution in [-0.2, 0) is 6.54 Å². The summed E-state index contributed by atoms with van der Waals surface area (Å²) in [6.45, 7) is -1.09. The van der Waals surface area contributed by atoms with E-state index < -0.39 is 24.7 Å². The first-order valence-corrected chi connectivity index (χ1v) is 8.24. The molecular formula is C18H16F3N5O2. The Morgan fingerprint density at radius 1 is 1.18 bits per heavy atom. The number of rotatable bonds is 7. The van der Waals surface area contributed by atoms with Crippen molar-refractivity contribution in [2.75, 3.05) is 6.61 Å². The Morgan fingerprint density at radius 2 is 1.96 bits per heavy atom. The number of nitrogens with one attached hydrogen (secondary N) is 1. The molecule has 10 heteroatoms. The van der Waals surface area contributed by atoms with Gasteiger partial charge in [-0.3, -0.25) is 9.48 Å². The summed E-state index contributed by atoms with van der Waals surface area (Å²) < 4.78 is 42.7. The number of benzene rings is 1. The van der Waals surface area contributed by atoms with Gasteiger partial charge in [-0.25, -0.2) is 9.97 Å². The molecule has 1 unspecified atom stereocenters. The molecule has 0 aliphatic heterocycles. The molecule has 0 spiro atoms. The first-order chi connectivity index (χ1) is 13.4. The summed E-state index contributed by atoms with van der Waals surface area (Å²) in [6, 6.07) is 11.5. The minimum atomic E-state index is -4.46. The standard InChI is InChI=1S/C18H16F3N5O2/c19-18(20,21)10-28-16-7-6-14(8-23-16)17(27)25-15(9-26-12-22-11-24-26)13-4-2-1-3-5-13/h1-8,11-12,15H,9-10H2,(H,25,27). The molecule has 1 N–H and O–H groups in total. The molecule has 1 aromatic carbocycles. The maximum absolute atomic E-state index is 12.6. The van der Waals surface area contributed by atoms with Crippen molar-refractivity contribution >= 4 is 5.91 Å². The fourth-order valence-corrected chi connectivity index (χ4v) is 2.43. The van der Waals surface area contributed by atoms with Crippen LogP contribution in [0.5, 0.6) is 5.88 Å². The number of halogens is 3. The van der Waals surface area contributed by atoms with Crippen LogP contribution in [0.4, 0.5) is 13.2 Å². The third-order valence-electron chi connectivity index (χ3n) is 3.73. The van der Waals surface area contributed by atoms with Gasteiger partial charge in [-0.1, -0.05) is 30.3 Å². The van der Waals surface area contributed by atoms with Crippen molar-refractivity contribution in [3.8, 4) is 5.88 Å². The summed E-state index contributed by atoms with van der Waals surface area (Å²) in [6.07, 6.45) is -0.357. The van der Waals surface area contributed by atoms with E-state index in [9.17, 15) is 18.0 Å². The number of ether oxygens (including phenoxy) is 1. The van der Waals surface area contributed by atoms with E-state index in [-0.39, 0.29) is 11.4 Å². The fraction of sp³-hybridized carbons (Fsp3) is 0.222. The van der Waals surface area contributed by atoms with E-state index in [1.54, 1.807) is 4.68 Å². The minimum Gasteiger partial charge on any atom is -0.468 e. The van der Waals surface area contributed by atoms with E-state index in [0.717, 1.165) is 5.56 Å². The third kappa shape index (κ3) is 5.53. The smallest absolute Gasteiger partial charge is 0.422 e. The zero-order valence-electron chi connectivity index (χ0n) is 14.5. The molecule has 0 fully saturated rings. The molecule has 3 aromatic rings. The lowest BCUT2D eigenvalue weighted by Gasteiger charge is -2.19. The van der Waals surface area contributed by atoms with Gasteiger partial charge in [0.15, 0.2) is 6.61 Å². The van der Waals surface area contributed by atoms with Crippen molar-refractivity contribution in [2.45, 2.75) is 18.8 Å². The zero-order valence-corrected chi connectivity index (χ0v) is 14.5. The second-order valence-electron chi connectivity index (χ2n) is 5.84. The normalized spacial score (nSPS) is 12.4. The van der Waals surface area contributed by atoms with Gasteiger partial charge in [0.05, 0.1) is 18.2 Å². The van der Waals surface area contributed by atoms with Crippen molar-refractivity contribution in [3.63, 3.8) is 0 Å². The number of aromatic nitrogens is 4. The average Bonchev–Trinajstić information content (AvgIpc) is 3.19.